The van der Waals surface area contributed by atoms with Gasteiger partial charge in [0.1, 0.15) is 12.8 Å². The summed E-state index contributed by atoms with van der Waals surface area (Å²) in [5, 5.41) is 0. The van der Waals surface area contributed by atoms with E-state index in [9.17, 15) is 0 Å². The van der Waals surface area contributed by atoms with Gasteiger partial charge >= 0.3 is 0 Å². The SMILES string of the molecule is COc1ccc(C#CC2=[N+](C)C3C=CC=CN3C2c2ccccc2)cc1. The van der Waals surface area contributed by atoms with Gasteiger partial charge in [-0.25, -0.2) is 4.58 Å². The summed E-state index contributed by atoms with van der Waals surface area (Å²) in [4.78, 5) is 2.35. The molecule has 0 N–H and O–H groups in total. The maximum atomic E-state index is 5.22. The number of benzene rings is 2. The molecule has 2 aliphatic rings. The molecule has 0 aliphatic carbocycles. The van der Waals surface area contributed by atoms with Crippen molar-refractivity contribution < 1.29 is 9.31 Å². The average Bonchev–Trinajstić information content (AvgIpc) is 2.99. The Labute approximate surface area is 154 Å². The fraction of sp³-hybridized carbons (Fsp3) is 0.174. The van der Waals surface area contributed by atoms with Crippen LogP contribution in [0.3, 0.4) is 0 Å². The lowest BCUT2D eigenvalue weighted by Gasteiger charge is -2.24. The fourth-order valence-corrected chi connectivity index (χ4v) is 3.48. The van der Waals surface area contributed by atoms with Crippen LogP contribution in [0.15, 0.2) is 79.0 Å². The van der Waals surface area contributed by atoms with Crippen molar-refractivity contribution in [2.24, 2.45) is 0 Å². The number of ether oxygens (including phenoxy) is 1. The smallest absolute Gasteiger partial charge is 0.257 e. The number of rotatable bonds is 2. The summed E-state index contributed by atoms with van der Waals surface area (Å²) in [6.07, 6.45) is 8.74. The first-order valence-corrected chi connectivity index (χ1v) is 8.71. The van der Waals surface area contributed by atoms with E-state index in [1.807, 2.05) is 30.3 Å². The van der Waals surface area contributed by atoms with Gasteiger partial charge in [0.25, 0.3) is 5.71 Å². The van der Waals surface area contributed by atoms with Crippen molar-refractivity contribution in [3.63, 3.8) is 0 Å². The molecule has 2 unspecified atom stereocenters. The van der Waals surface area contributed by atoms with E-state index in [1.54, 1.807) is 7.11 Å². The van der Waals surface area contributed by atoms with Crippen molar-refractivity contribution in [2.75, 3.05) is 14.2 Å². The van der Waals surface area contributed by atoms with Gasteiger partial charge in [0.15, 0.2) is 6.04 Å². The van der Waals surface area contributed by atoms with Gasteiger partial charge in [0.2, 0.25) is 6.17 Å². The van der Waals surface area contributed by atoms with Crippen LogP contribution in [-0.4, -0.2) is 35.5 Å². The summed E-state index contributed by atoms with van der Waals surface area (Å²) < 4.78 is 7.48. The summed E-state index contributed by atoms with van der Waals surface area (Å²) in [5.41, 5.74) is 3.34. The molecule has 2 heterocycles. The molecule has 2 aromatic carbocycles. The lowest BCUT2D eigenvalue weighted by molar-refractivity contribution is -0.533. The van der Waals surface area contributed by atoms with E-state index in [-0.39, 0.29) is 12.2 Å². The minimum Gasteiger partial charge on any atom is -0.497 e. The predicted molar refractivity (Wildman–Crippen MR) is 104 cm³/mol. The molecule has 0 aromatic heterocycles. The normalized spacial score (nSPS) is 20.6. The fourth-order valence-electron chi connectivity index (χ4n) is 3.48. The van der Waals surface area contributed by atoms with Crippen LogP contribution in [0.1, 0.15) is 17.2 Å². The molecule has 0 radical (unpaired) electrons. The Kier molecular flexibility index (Phi) is 4.33. The first-order valence-electron chi connectivity index (χ1n) is 8.71. The van der Waals surface area contributed by atoms with E-state index >= 15 is 0 Å². The number of nitrogens with zero attached hydrogens (tertiary/aromatic N) is 2. The van der Waals surface area contributed by atoms with Gasteiger partial charge in [-0.15, -0.1) is 0 Å². The lowest BCUT2D eigenvalue weighted by Crippen LogP contribution is -2.32. The number of likely N-dealkylation sites (N-methyl/N-ethyl adjacent to an activating group) is 1. The molecule has 0 fully saturated rings. The van der Waals surface area contributed by atoms with Crippen LogP contribution in [0.2, 0.25) is 0 Å². The van der Waals surface area contributed by atoms with Crippen LogP contribution >= 0.6 is 0 Å². The summed E-state index contributed by atoms with van der Waals surface area (Å²) in [6, 6.07) is 18.5. The Bertz CT molecular complexity index is 943. The lowest BCUT2D eigenvalue weighted by atomic mass is 10.0. The minimum atomic E-state index is 0.123. The highest BCUT2D eigenvalue weighted by Gasteiger charge is 2.43. The van der Waals surface area contributed by atoms with Crippen molar-refractivity contribution in [2.45, 2.75) is 12.2 Å². The van der Waals surface area contributed by atoms with Gasteiger partial charge < -0.3 is 4.74 Å². The second-order valence-electron chi connectivity index (χ2n) is 6.38. The zero-order valence-corrected chi connectivity index (χ0v) is 15.0. The van der Waals surface area contributed by atoms with Crippen LogP contribution in [0.5, 0.6) is 5.75 Å². The molecule has 4 rings (SSSR count). The Morgan fingerprint density at radius 3 is 2.46 bits per heavy atom. The highest BCUT2D eigenvalue weighted by Crippen LogP contribution is 2.32. The van der Waals surface area contributed by atoms with E-state index in [0.29, 0.717) is 0 Å². The van der Waals surface area contributed by atoms with Gasteiger partial charge in [-0.05, 0) is 35.9 Å². The molecule has 2 aliphatic heterocycles. The van der Waals surface area contributed by atoms with Crippen LogP contribution in [-0.2, 0) is 0 Å². The number of hydrogen-bond acceptors (Lipinski definition) is 2. The maximum Gasteiger partial charge on any atom is 0.257 e. The molecule has 0 saturated heterocycles. The van der Waals surface area contributed by atoms with Crippen LogP contribution in [0, 0.1) is 11.8 Å². The Morgan fingerprint density at radius 2 is 1.73 bits per heavy atom. The third-order valence-corrected chi connectivity index (χ3v) is 4.83. The van der Waals surface area contributed by atoms with Crippen molar-refractivity contribution in [1.82, 2.24) is 4.90 Å². The molecule has 128 valence electrons. The monoisotopic (exact) mass is 341 g/mol. The quantitative estimate of drug-likeness (QED) is 0.613. The van der Waals surface area contributed by atoms with E-state index in [1.165, 1.54) is 5.56 Å². The highest BCUT2D eigenvalue weighted by atomic mass is 16.5. The molecule has 3 nitrogen and oxygen atoms in total. The van der Waals surface area contributed by atoms with Gasteiger partial charge in [-0.1, -0.05) is 42.3 Å². The van der Waals surface area contributed by atoms with Gasteiger partial charge in [-0.3, -0.25) is 4.90 Å². The molecular weight excluding hydrogens is 320 g/mol. The summed E-state index contributed by atoms with van der Waals surface area (Å²) in [6.45, 7) is 0. The number of methoxy groups -OCH3 is 1. The first-order chi connectivity index (χ1) is 12.8. The third kappa shape index (κ3) is 2.91. The van der Waals surface area contributed by atoms with Gasteiger partial charge in [0.05, 0.1) is 7.11 Å². The Balaban J connectivity index is 1.74. The molecule has 2 aromatic rings. The van der Waals surface area contributed by atoms with E-state index in [2.05, 4.69) is 77.1 Å². The molecule has 0 bridgehead atoms. The van der Waals surface area contributed by atoms with Crippen LogP contribution in [0.25, 0.3) is 0 Å². The van der Waals surface area contributed by atoms with Crippen molar-refractivity contribution in [1.29, 1.82) is 0 Å². The molecule has 0 saturated carbocycles. The molecule has 0 amide bonds. The molecule has 0 spiro atoms. The van der Waals surface area contributed by atoms with Crippen molar-refractivity contribution in [3.05, 3.63) is 90.2 Å². The number of fused-ring (bicyclic) bond motifs is 1. The molecular formula is C23H21N2O+. The van der Waals surface area contributed by atoms with Crippen LogP contribution in [0.4, 0.5) is 0 Å². The van der Waals surface area contributed by atoms with Gasteiger partial charge in [-0.2, -0.15) is 0 Å². The summed E-state index contributed by atoms with van der Waals surface area (Å²) >= 11 is 0. The third-order valence-electron chi connectivity index (χ3n) is 4.83. The standard InChI is InChI=1S/C23H21N2O/c1-24-21(16-13-18-11-14-20(26-2)15-12-18)23(19-8-4-3-5-9-19)25-17-7-6-10-22(24)25/h3-12,14-15,17,22-23H,1-2H3/q+1. The number of hydrogen-bond donors (Lipinski definition) is 0. The minimum absolute atomic E-state index is 0.123. The molecule has 3 heteroatoms. The highest BCUT2D eigenvalue weighted by molar-refractivity contribution is 6.02. The zero-order chi connectivity index (χ0) is 17.9. The second kappa shape index (κ2) is 6.93. The summed E-state index contributed by atoms with van der Waals surface area (Å²) in [7, 11) is 3.79. The maximum absolute atomic E-state index is 5.22. The second-order valence-corrected chi connectivity index (χ2v) is 6.38. The van der Waals surface area contributed by atoms with Gasteiger partial charge in [0, 0.05) is 23.8 Å². The van der Waals surface area contributed by atoms with Crippen molar-refractivity contribution >= 4 is 5.71 Å². The number of allylic oxidation sites excluding steroid dienone is 2. The first kappa shape index (κ1) is 16.2. The van der Waals surface area contributed by atoms with Crippen molar-refractivity contribution in [3.8, 4) is 17.6 Å². The van der Waals surface area contributed by atoms with Crippen LogP contribution < -0.4 is 4.74 Å². The average molecular weight is 341 g/mol. The Hall–Kier alpha value is -3.25. The topological polar surface area (TPSA) is 15.5 Å². The Morgan fingerprint density at radius 1 is 0.962 bits per heavy atom. The van der Waals surface area contributed by atoms with E-state index < -0.39 is 0 Å². The zero-order valence-electron chi connectivity index (χ0n) is 15.0. The molecule has 26 heavy (non-hydrogen) atoms. The summed E-state index contributed by atoms with van der Waals surface area (Å²) in [5.74, 6) is 7.59. The molecule has 2 atom stereocenters. The predicted octanol–water partition coefficient (Wildman–Crippen LogP) is 3.60. The van der Waals surface area contributed by atoms with E-state index in [0.717, 1.165) is 17.0 Å². The largest absolute Gasteiger partial charge is 0.497 e. The van der Waals surface area contributed by atoms with E-state index in [4.69, 9.17) is 4.74 Å².